The molecule has 0 saturated carbocycles. The van der Waals surface area contributed by atoms with Crippen LogP contribution < -0.4 is 4.90 Å². The molecule has 2 aliphatic heterocycles. The van der Waals surface area contributed by atoms with Crippen LogP contribution in [0.15, 0.2) is 48.7 Å². The fourth-order valence-electron chi connectivity index (χ4n) is 4.39. The molecule has 2 saturated heterocycles. The fourth-order valence-corrected chi connectivity index (χ4v) is 4.39. The van der Waals surface area contributed by atoms with Crippen LogP contribution in [0.2, 0.25) is 0 Å². The van der Waals surface area contributed by atoms with Crippen LogP contribution in [0.25, 0.3) is 0 Å². The number of nitrogens with zero attached hydrogens (tertiary/aromatic N) is 4. The first-order valence-electron chi connectivity index (χ1n) is 9.34. The van der Waals surface area contributed by atoms with Crippen molar-refractivity contribution in [3.8, 4) is 6.07 Å². The molecule has 0 radical (unpaired) electrons. The van der Waals surface area contributed by atoms with Gasteiger partial charge in [0.25, 0.3) is 0 Å². The van der Waals surface area contributed by atoms with Crippen LogP contribution in [0, 0.1) is 11.3 Å². The molecule has 134 valence electrons. The lowest BCUT2D eigenvalue weighted by molar-refractivity contribution is -0.0603. The van der Waals surface area contributed by atoms with Crippen molar-refractivity contribution >= 4 is 5.82 Å². The average Bonchev–Trinajstić information content (AvgIpc) is 3.23. The van der Waals surface area contributed by atoms with Crippen LogP contribution in [0.1, 0.15) is 30.4 Å². The number of hydrogen-bond acceptors (Lipinski definition) is 5. The molecule has 4 rings (SSSR count). The van der Waals surface area contributed by atoms with E-state index in [0.717, 1.165) is 24.5 Å². The van der Waals surface area contributed by atoms with Crippen molar-refractivity contribution in [2.45, 2.75) is 30.9 Å². The van der Waals surface area contributed by atoms with E-state index < -0.39 is 5.60 Å². The van der Waals surface area contributed by atoms with Crippen molar-refractivity contribution in [2.75, 3.05) is 31.1 Å². The highest BCUT2D eigenvalue weighted by Crippen LogP contribution is 2.38. The van der Waals surface area contributed by atoms with Gasteiger partial charge in [0, 0.05) is 19.3 Å². The van der Waals surface area contributed by atoms with Crippen LogP contribution in [0.3, 0.4) is 0 Å². The van der Waals surface area contributed by atoms with Gasteiger partial charge in [-0.1, -0.05) is 30.3 Å². The molecule has 0 amide bonds. The number of piperidine rings is 1. The lowest BCUT2D eigenvalue weighted by Gasteiger charge is -2.49. The number of rotatable bonds is 3. The van der Waals surface area contributed by atoms with Crippen molar-refractivity contribution in [3.05, 3.63) is 59.8 Å². The van der Waals surface area contributed by atoms with Crippen LogP contribution in [-0.4, -0.2) is 47.2 Å². The molecule has 5 heteroatoms. The van der Waals surface area contributed by atoms with Gasteiger partial charge in [-0.3, -0.25) is 4.90 Å². The number of nitriles is 1. The first kappa shape index (κ1) is 17.0. The third-order valence-corrected chi connectivity index (χ3v) is 5.77. The molecule has 2 atom stereocenters. The highest BCUT2D eigenvalue weighted by Gasteiger charge is 2.46. The fraction of sp³-hybridized carbons (Fsp3) is 0.429. The molecule has 3 heterocycles. The van der Waals surface area contributed by atoms with E-state index in [1.165, 1.54) is 12.8 Å². The minimum Gasteiger partial charge on any atom is -0.383 e. The maximum absolute atomic E-state index is 11.7. The second kappa shape index (κ2) is 7.06. The summed E-state index contributed by atoms with van der Waals surface area (Å²) in [6, 6.07) is 15.9. The van der Waals surface area contributed by atoms with Crippen molar-refractivity contribution in [3.63, 3.8) is 0 Å². The van der Waals surface area contributed by atoms with Crippen molar-refractivity contribution in [1.29, 1.82) is 5.26 Å². The maximum atomic E-state index is 11.7. The Morgan fingerprint density at radius 3 is 2.58 bits per heavy atom. The van der Waals surface area contributed by atoms with E-state index in [0.29, 0.717) is 25.1 Å². The zero-order chi connectivity index (χ0) is 18.0. The van der Waals surface area contributed by atoms with Gasteiger partial charge in [0.15, 0.2) is 0 Å². The van der Waals surface area contributed by atoms with Gasteiger partial charge < -0.3 is 10.0 Å². The maximum Gasteiger partial charge on any atom is 0.146 e. The zero-order valence-corrected chi connectivity index (χ0v) is 14.9. The van der Waals surface area contributed by atoms with Gasteiger partial charge in [-0.2, -0.15) is 5.26 Å². The summed E-state index contributed by atoms with van der Waals surface area (Å²) in [6.07, 6.45) is 4.71. The molecule has 0 spiro atoms. The van der Waals surface area contributed by atoms with Crippen molar-refractivity contribution < 1.29 is 5.11 Å². The Balaban J connectivity index is 1.68. The Morgan fingerprint density at radius 2 is 1.85 bits per heavy atom. The largest absolute Gasteiger partial charge is 0.383 e. The summed E-state index contributed by atoms with van der Waals surface area (Å²) in [6.45, 7) is 3.39. The van der Waals surface area contributed by atoms with Gasteiger partial charge in [0.1, 0.15) is 17.5 Å². The SMILES string of the molecule is N#Cc1cccnc1N1CC[C@](O)(c2ccccc2)[C@H](N2CCCC2)C1. The quantitative estimate of drug-likeness (QED) is 0.923. The predicted molar refractivity (Wildman–Crippen MR) is 101 cm³/mol. The summed E-state index contributed by atoms with van der Waals surface area (Å²) in [5.74, 6) is 0.731. The smallest absolute Gasteiger partial charge is 0.146 e. The first-order chi connectivity index (χ1) is 12.7. The molecule has 2 aromatic rings. The Bertz CT molecular complexity index is 797. The first-order valence-corrected chi connectivity index (χ1v) is 9.34. The normalized spacial score (nSPS) is 26.6. The van der Waals surface area contributed by atoms with E-state index in [1.807, 2.05) is 36.4 Å². The zero-order valence-electron chi connectivity index (χ0n) is 14.9. The lowest BCUT2D eigenvalue weighted by atomic mass is 9.79. The molecular formula is C21H24N4O. The molecule has 0 unspecified atom stereocenters. The van der Waals surface area contributed by atoms with Gasteiger partial charge in [0.2, 0.25) is 0 Å². The van der Waals surface area contributed by atoms with Gasteiger partial charge in [-0.25, -0.2) is 4.98 Å². The molecule has 2 aliphatic rings. The number of pyridine rings is 1. The minimum absolute atomic E-state index is 0.00491. The molecular weight excluding hydrogens is 324 g/mol. The Labute approximate surface area is 154 Å². The second-order valence-electron chi connectivity index (χ2n) is 7.23. The summed E-state index contributed by atoms with van der Waals surface area (Å²) >= 11 is 0. The molecule has 1 aromatic heterocycles. The third kappa shape index (κ3) is 2.96. The average molecular weight is 348 g/mol. The molecule has 26 heavy (non-hydrogen) atoms. The monoisotopic (exact) mass is 348 g/mol. The molecule has 0 aliphatic carbocycles. The molecule has 0 bridgehead atoms. The Kier molecular flexibility index (Phi) is 4.62. The summed E-state index contributed by atoms with van der Waals surface area (Å²) in [4.78, 5) is 9.03. The van der Waals surface area contributed by atoms with Crippen molar-refractivity contribution in [1.82, 2.24) is 9.88 Å². The summed E-state index contributed by atoms with van der Waals surface area (Å²) in [5, 5.41) is 21.1. The van der Waals surface area contributed by atoms with Gasteiger partial charge in [-0.15, -0.1) is 0 Å². The third-order valence-electron chi connectivity index (χ3n) is 5.77. The van der Waals surface area contributed by atoms with Crippen LogP contribution in [0.4, 0.5) is 5.82 Å². The lowest BCUT2D eigenvalue weighted by Crippen LogP contribution is -2.60. The second-order valence-corrected chi connectivity index (χ2v) is 7.23. The molecule has 2 fully saturated rings. The summed E-state index contributed by atoms with van der Waals surface area (Å²) in [7, 11) is 0. The van der Waals surface area contributed by atoms with E-state index in [-0.39, 0.29) is 6.04 Å². The predicted octanol–water partition coefficient (Wildman–Crippen LogP) is 2.52. The van der Waals surface area contributed by atoms with Gasteiger partial charge in [-0.05, 0) is 50.0 Å². The topological polar surface area (TPSA) is 63.4 Å². The highest BCUT2D eigenvalue weighted by molar-refractivity contribution is 5.54. The van der Waals surface area contributed by atoms with E-state index in [9.17, 15) is 10.4 Å². The Hall–Kier alpha value is -2.42. The van der Waals surface area contributed by atoms with Crippen LogP contribution >= 0.6 is 0 Å². The van der Waals surface area contributed by atoms with E-state index in [2.05, 4.69) is 20.9 Å². The minimum atomic E-state index is -0.871. The molecule has 1 N–H and O–H groups in total. The molecule has 5 nitrogen and oxygen atoms in total. The number of anilines is 1. The summed E-state index contributed by atoms with van der Waals surface area (Å²) < 4.78 is 0. The standard InChI is InChI=1S/C21H24N4O/c22-15-17-7-6-11-23-20(17)25-14-10-21(26,18-8-2-1-3-9-18)19(16-25)24-12-4-5-13-24/h1-3,6-9,11,19,26H,4-5,10,12-14,16H2/t19-,21+/m1/s1. The van der Waals surface area contributed by atoms with E-state index >= 15 is 0 Å². The van der Waals surface area contributed by atoms with Crippen LogP contribution in [0.5, 0.6) is 0 Å². The highest BCUT2D eigenvalue weighted by atomic mass is 16.3. The van der Waals surface area contributed by atoms with Gasteiger partial charge >= 0.3 is 0 Å². The van der Waals surface area contributed by atoms with Crippen molar-refractivity contribution in [2.24, 2.45) is 0 Å². The number of likely N-dealkylation sites (tertiary alicyclic amines) is 1. The number of benzene rings is 1. The van der Waals surface area contributed by atoms with Crippen LogP contribution in [-0.2, 0) is 5.60 Å². The van der Waals surface area contributed by atoms with E-state index in [4.69, 9.17) is 0 Å². The Morgan fingerprint density at radius 1 is 1.08 bits per heavy atom. The number of aliphatic hydroxyl groups is 1. The summed E-state index contributed by atoms with van der Waals surface area (Å²) in [5.41, 5.74) is 0.708. The van der Waals surface area contributed by atoms with Gasteiger partial charge in [0.05, 0.1) is 11.6 Å². The number of hydrogen-bond donors (Lipinski definition) is 1. The molecule has 1 aromatic carbocycles. The number of aromatic nitrogens is 1. The van der Waals surface area contributed by atoms with E-state index in [1.54, 1.807) is 12.3 Å².